The van der Waals surface area contributed by atoms with Crippen LogP contribution in [0.25, 0.3) is 5.57 Å². The summed E-state index contributed by atoms with van der Waals surface area (Å²) in [5.74, 6) is -1.42. The molecule has 0 heterocycles. The summed E-state index contributed by atoms with van der Waals surface area (Å²) in [4.78, 5) is 22.7. The summed E-state index contributed by atoms with van der Waals surface area (Å²) in [5.41, 5.74) is -2.84. The monoisotopic (exact) mass is 331 g/mol. The Hall–Kier alpha value is -2.51. The van der Waals surface area contributed by atoms with E-state index < -0.39 is 35.0 Å². The number of carboxylic acid groups (broad SMARTS) is 1. The Morgan fingerprint density at radius 2 is 1.78 bits per heavy atom. The van der Waals surface area contributed by atoms with E-state index in [9.17, 15) is 22.8 Å². The van der Waals surface area contributed by atoms with Crippen molar-refractivity contribution in [3.05, 3.63) is 35.9 Å². The second-order valence-electron chi connectivity index (χ2n) is 5.67. The zero-order valence-corrected chi connectivity index (χ0v) is 12.7. The number of halogens is 3. The van der Waals surface area contributed by atoms with Crippen molar-refractivity contribution in [2.24, 2.45) is 0 Å². The van der Waals surface area contributed by atoms with Gasteiger partial charge in [0.2, 0.25) is 0 Å². The van der Waals surface area contributed by atoms with Crippen LogP contribution in [-0.2, 0) is 15.7 Å². The Labute approximate surface area is 130 Å². The van der Waals surface area contributed by atoms with Crippen LogP contribution in [0.2, 0.25) is 0 Å². The normalized spacial score (nSPS) is 11.7. The van der Waals surface area contributed by atoms with Crippen molar-refractivity contribution < 1.29 is 32.6 Å². The predicted octanol–water partition coefficient (Wildman–Crippen LogP) is 4.15. The smallest absolute Gasteiger partial charge is 0.416 e. The summed E-state index contributed by atoms with van der Waals surface area (Å²) in [7, 11) is 0. The number of carboxylic acids is 1. The number of alkyl halides is 3. The fourth-order valence-corrected chi connectivity index (χ4v) is 1.62. The third-order valence-electron chi connectivity index (χ3n) is 2.57. The molecule has 0 aliphatic rings. The number of aliphatic carboxylic acids is 1. The lowest BCUT2D eigenvalue weighted by molar-refractivity contribution is -0.137. The number of anilines is 1. The average molecular weight is 331 g/mol. The van der Waals surface area contributed by atoms with E-state index in [2.05, 4.69) is 11.9 Å². The molecule has 126 valence electrons. The van der Waals surface area contributed by atoms with E-state index in [1.54, 1.807) is 20.8 Å². The van der Waals surface area contributed by atoms with Crippen molar-refractivity contribution in [2.75, 3.05) is 5.32 Å². The van der Waals surface area contributed by atoms with Crippen molar-refractivity contribution in [2.45, 2.75) is 32.5 Å². The van der Waals surface area contributed by atoms with Crippen LogP contribution in [0.5, 0.6) is 0 Å². The van der Waals surface area contributed by atoms with Crippen molar-refractivity contribution in [1.29, 1.82) is 0 Å². The molecule has 1 aromatic carbocycles. The van der Waals surface area contributed by atoms with Crippen molar-refractivity contribution in [1.82, 2.24) is 0 Å². The molecule has 1 rings (SSSR count). The van der Waals surface area contributed by atoms with Crippen molar-refractivity contribution >= 4 is 23.3 Å². The summed E-state index contributed by atoms with van der Waals surface area (Å²) in [6.45, 7) is 8.02. The second kappa shape index (κ2) is 6.31. The maximum atomic E-state index is 12.8. The van der Waals surface area contributed by atoms with E-state index in [1.165, 1.54) is 0 Å². The lowest BCUT2D eigenvalue weighted by Crippen LogP contribution is -2.27. The highest BCUT2D eigenvalue weighted by Crippen LogP contribution is 2.34. The topological polar surface area (TPSA) is 75.6 Å². The molecule has 2 N–H and O–H groups in total. The van der Waals surface area contributed by atoms with Crippen LogP contribution in [0.1, 0.15) is 31.9 Å². The number of carbonyl (C=O) groups is 2. The first-order chi connectivity index (χ1) is 10.3. The standard InChI is InChI=1S/C15H16F3NO4/c1-8(12(20)21)10-6-5-9(15(16,17)18)7-11(10)19-13(22)23-14(2,3)4/h5-7H,1H2,2-4H3,(H,19,22)(H,20,21). The Balaban J connectivity index is 3.26. The molecule has 23 heavy (non-hydrogen) atoms. The van der Waals surface area contributed by atoms with Gasteiger partial charge in [-0.15, -0.1) is 0 Å². The number of benzene rings is 1. The van der Waals surface area contributed by atoms with Crippen LogP contribution < -0.4 is 5.32 Å². The van der Waals surface area contributed by atoms with Gasteiger partial charge in [-0.05, 0) is 32.9 Å². The fourth-order valence-electron chi connectivity index (χ4n) is 1.62. The molecule has 8 heteroatoms. The molecule has 1 amide bonds. The number of rotatable bonds is 3. The predicted molar refractivity (Wildman–Crippen MR) is 78.0 cm³/mol. The van der Waals surface area contributed by atoms with E-state index >= 15 is 0 Å². The second-order valence-corrected chi connectivity index (χ2v) is 5.67. The minimum Gasteiger partial charge on any atom is -0.478 e. The lowest BCUT2D eigenvalue weighted by Gasteiger charge is -2.21. The lowest BCUT2D eigenvalue weighted by atomic mass is 10.0. The molecule has 0 radical (unpaired) electrons. The Kier molecular flexibility index (Phi) is 5.09. The molecule has 0 saturated carbocycles. The van der Waals surface area contributed by atoms with E-state index in [0.29, 0.717) is 12.1 Å². The van der Waals surface area contributed by atoms with E-state index in [1.807, 2.05) is 0 Å². The van der Waals surface area contributed by atoms with E-state index in [0.717, 1.165) is 6.07 Å². The third-order valence-corrected chi connectivity index (χ3v) is 2.57. The van der Waals surface area contributed by atoms with Gasteiger partial charge in [-0.25, -0.2) is 9.59 Å². The number of ether oxygens (including phenoxy) is 1. The van der Waals surface area contributed by atoms with Crippen LogP contribution in [0, 0.1) is 0 Å². The zero-order valence-electron chi connectivity index (χ0n) is 12.7. The molecule has 1 aromatic rings. The van der Waals surface area contributed by atoms with Gasteiger partial charge in [0.05, 0.1) is 16.8 Å². The Morgan fingerprint density at radius 3 is 2.22 bits per heavy atom. The van der Waals surface area contributed by atoms with Crippen LogP contribution >= 0.6 is 0 Å². The molecule has 0 fully saturated rings. The minimum absolute atomic E-state index is 0.142. The van der Waals surface area contributed by atoms with Gasteiger partial charge in [0.25, 0.3) is 0 Å². The average Bonchev–Trinajstić information content (AvgIpc) is 2.34. The third kappa shape index (κ3) is 5.32. The molecule has 0 bridgehead atoms. The summed E-state index contributed by atoms with van der Waals surface area (Å²) in [5, 5.41) is 11.1. The molecule has 0 aromatic heterocycles. The number of nitrogens with one attached hydrogen (secondary N) is 1. The molecule has 5 nitrogen and oxygen atoms in total. The van der Waals surface area contributed by atoms with Crippen LogP contribution in [-0.4, -0.2) is 22.8 Å². The van der Waals surface area contributed by atoms with Gasteiger partial charge in [-0.3, -0.25) is 5.32 Å². The molecule has 0 aliphatic carbocycles. The molecular weight excluding hydrogens is 315 g/mol. The summed E-state index contributed by atoms with van der Waals surface area (Å²) in [6, 6.07) is 2.28. The number of carbonyl (C=O) groups excluding carboxylic acids is 1. The van der Waals surface area contributed by atoms with Gasteiger partial charge >= 0.3 is 18.2 Å². The molecule has 0 aliphatic heterocycles. The quantitative estimate of drug-likeness (QED) is 0.816. The first kappa shape index (κ1) is 18.5. The largest absolute Gasteiger partial charge is 0.478 e. The first-order valence-corrected chi connectivity index (χ1v) is 6.45. The summed E-state index contributed by atoms with van der Waals surface area (Å²) in [6.07, 6.45) is -5.65. The van der Waals surface area contributed by atoms with Crippen LogP contribution in [0.3, 0.4) is 0 Å². The van der Waals surface area contributed by atoms with Crippen molar-refractivity contribution in [3.8, 4) is 0 Å². The maximum absolute atomic E-state index is 12.8. The summed E-state index contributed by atoms with van der Waals surface area (Å²) >= 11 is 0. The van der Waals surface area contributed by atoms with Gasteiger partial charge in [0.1, 0.15) is 5.60 Å². The number of hydrogen-bond donors (Lipinski definition) is 2. The molecule has 0 spiro atoms. The van der Waals surface area contributed by atoms with Crippen LogP contribution in [0.15, 0.2) is 24.8 Å². The highest BCUT2D eigenvalue weighted by molar-refractivity contribution is 6.16. The highest BCUT2D eigenvalue weighted by Gasteiger charge is 2.32. The van der Waals surface area contributed by atoms with Gasteiger partial charge < -0.3 is 9.84 Å². The SMILES string of the molecule is C=C(C(=O)O)c1ccc(C(F)(F)F)cc1NC(=O)OC(C)(C)C. The van der Waals surface area contributed by atoms with E-state index in [4.69, 9.17) is 9.84 Å². The van der Waals surface area contributed by atoms with Crippen molar-refractivity contribution in [3.63, 3.8) is 0 Å². The highest BCUT2D eigenvalue weighted by atomic mass is 19.4. The van der Waals surface area contributed by atoms with E-state index in [-0.39, 0.29) is 11.3 Å². The molecule has 0 atom stereocenters. The summed E-state index contributed by atoms with van der Waals surface area (Å²) < 4.78 is 43.3. The molecule has 0 saturated heterocycles. The zero-order chi connectivity index (χ0) is 18.0. The maximum Gasteiger partial charge on any atom is 0.416 e. The molecular formula is C15H16F3NO4. The first-order valence-electron chi connectivity index (χ1n) is 6.45. The number of amides is 1. The van der Waals surface area contributed by atoms with Gasteiger partial charge in [0, 0.05) is 5.56 Å². The fraction of sp³-hybridized carbons (Fsp3) is 0.333. The minimum atomic E-state index is -4.65. The van der Waals surface area contributed by atoms with Gasteiger partial charge in [-0.1, -0.05) is 12.6 Å². The van der Waals surface area contributed by atoms with Gasteiger partial charge in [0.15, 0.2) is 0 Å². The Morgan fingerprint density at radius 1 is 1.22 bits per heavy atom. The number of hydrogen-bond acceptors (Lipinski definition) is 3. The molecule has 0 unspecified atom stereocenters. The van der Waals surface area contributed by atoms with Gasteiger partial charge in [-0.2, -0.15) is 13.2 Å². The Bertz CT molecular complexity index is 645. The van der Waals surface area contributed by atoms with Crippen LogP contribution in [0.4, 0.5) is 23.7 Å².